The lowest BCUT2D eigenvalue weighted by atomic mass is 10.4. The Balaban J connectivity index is 2.28. The molecule has 0 bridgehead atoms. The van der Waals surface area contributed by atoms with Gasteiger partial charge in [0.15, 0.2) is 0 Å². The van der Waals surface area contributed by atoms with Gasteiger partial charge in [-0.3, -0.25) is 9.59 Å². The van der Waals surface area contributed by atoms with Crippen LogP contribution in [0, 0.1) is 0 Å². The van der Waals surface area contributed by atoms with E-state index in [0.717, 1.165) is 27.7 Å². The molecule has 1 amide bonds. The Morgan fingerprint density at radius 1 is 1.36 bits per heavy atom. The molecule has 0 unspecified atom stereocenters. The third-order valence-corrected chi connectivity index (χ3v) is 7.05. The number of nitrogens with zero attached hydrogens (tertiary/aromatic N) is 2. The van der Waals surface area contributed by atoms with Gasteiger partial charge in [-0.2, -0.15) is 16.1 Å². The van der Waals surface area contributed by atoms with Crippen LogP contribution in [0.3, 0.4) is 0 Å². The first-order valence-corrected chi connectivity index (χ1v) is 9.94. The van der Waals surface area contributed by atoms with Gasteiger partial charge in [0, 0.05) is 31.6 Å². The molecule has 0 aromatic carbocycles. The van der Waals surface area contributed by atoms with Crippen LogP contribution in [0.5, 0.6) is 0 Å². The first-order chi connectivity index (χ1) is 10.3. The maximum atomic E-state index is 12.7. The molecule has 0 saturated carbocycles. The van der Waals surface area contributed by atoms with E-state index in [1.165, 1.54) is 22.8 Å². The van der Waals surface area contributed by atoms with Gasteiger partial charge >= 0.3 is 5.97 Å². The Morgan fingerprint density at radius 2 is 2.00 bits per heavy atom. The standard InChI is InChI=1S/C12H16N2O5S3/c1-13(8-10(15)16)12(17)11-9(2-5-21-11)22(18,19)14-3-6-20-7-4-14/h2,5H,3-4,6-8H2,1H3,(H,15,16). The summed E-state index contributed by atoms with van der Waals surface area (Å²) in [5.74, 6) is -0.288. The Morgan fingerprint density at radius 3 is 2.59 bits per heavy atom. The molecule has 0 atom stereocenters. The number of hydrogen-bond donors (Lipinski definition) is 1. The summed E-state index contributed by atoms with van der Waals surface area (Å²) in [6, 6.07) is 1.41. The molecule has 0 spiro atoms. The van der Waals surface area contributed by atoms with E-state index in [-0.39, 0.29) is 9.77 Å². The van der Waals surface area contributed by atoms with E-state index >= 15 is 0 Å². The monoisotopic (exact) mass is 364 g/mol. The van der Waals surface area contributed by atoms with Crippen LogP contribution in [0.15, 0.2) is 16.3 Å². The Hall–Kier alpha value is -1.10. The SMILES string of the molecule is CN(CC(=O)O)C(=O)c1sccc1S(=O)(=O)N1CCSCC1. The molecule has 1 aliphatic heterocycles. The predicted molar refractivity (Wildman–Crippen MR) is 85.0 cm³/mol. The van der Waals surface area contributed by atoms with E-state index in [1.807, 2.05) is 0 Å². The van der Waals surface area contributed by atoms with Gasteiger partial charge in [-0.05, 0) is 11.4 Å². The molecular weight excluding hydrogens is 348 g/mol. The molecule has 0 aliphatic carbocycles. The van der Waals surface area contributed by atoms with Crippen molar-refractivity contribution in [2.45, 2.75) is 4.90 Å². The van der Waals surface area contributed by atoms with Crippen LogP contribution in [-0.4, -0.2) is 72.8 Å². The highest BCUT2D eigenvalue weighted by molar-refractivity contribution is 7.99. The molecule has 1 saturated heterocycles. The summed E-state index contributed by atoms with van der Waals surface area (Å²) in [5, 5.41) is 10.3. The fourth-order valence-electron chi connectivity index (χ4n) is 2.03. The van der Waals surface area contributed by atoms with Crippen LogP contribution in [0.1, 0.15) is 9.67 Å². The summed E-state index contributed by atoms with van der Waals surface area (Å²) in [7, 11) is -2.38. The number of carboxylic acids is 1. The van der Waals surface area contributed by atoms with E-state index in [1.54, 1.807) is 11.8 Å². The van der Waals surface area contributed by atoms with Gasteiger partial charge in [0.25, 0.3) is 5.91 Å². The lowest BCUT2D eigenvalue weighted by Crippen LogP contribution is -2.39. The highest BCUT2D eigenvalue weighted by Gasteiger charge is 2.32. The minimum atomic E-state index is -3.72. The Labute approximate surface area is 137 Å². The lowest BCUT2D eigenvalue weighted by Gasteiger charge is -2.25. The van der Waals surface area contributed by atoms with E-state index in [2.05, 4.69) is 0 Å². The average Bonchev–Trinajstić information content (AvgIpc) is 2.96. The Bertz CT molecular complexity index is 664. The van der Waals surface area contributed by atoms with E-state index in [9.17, 15) is 18.0 Å². The summed E-state index contributed by atoms with van der Waals surface area (Å²) in [6.45, 7) is 0.361. The molecule has 1 aromatic rings. The summed E-state index contributed by atoms with van der Waals surface area (Å²) in [4.78, 5) is 24.0. The third kappa shape index (κ3) is 3.62. The topological polar surface area (TPSA) is 95.0 Å². The number of carbonyl (C=O) groups is 2. The van der Waals surface area contributed by atoms with Crippen molar-refractivity contribution in [3.05, 3.63) is 16.3 Å². The number of carboxylic acid groups (broad SMARTS) is 1. The van der Waals surface area contributed by atoms with Gasteiger partial charge in [-0.25, -0.2) is 8.42 Å². The van der Waals surface area contributed by atoms with Gasteiger partial charge < -0.3 is 10.0 Å². The molecule has 2 rings (SSSR count). The fourth-order valence-corrected chi connectivity index (χ4v) is 6.00. The van der Waals surface area contributed by atoms with Gasteiger partial charge in [-0.15, -0.1) is 11.3 Å². The zero-order valence-corrected chi connectivity index (χ0v) is 14.3. The smallest absolute Gasteiger partial charge is 0.323 e. The van der Waals surface area contributed by atoms with Crippen molar-refractivity contribution >= 4 is 45.0 Å². The second-order valence-electron chi connectivity index (χ2n) is 4.69. The minimum Gasteiger partial charge on any atom is -0.480 e. The first-order valence-electron chi connectivity index (χ1n) is 6.46. The van der Waals surface area contributed by atoms with Crippen molar-refractivity contribution in [1.29, 1.82) is 0 Å². The van der Waals surface area contributed by atoms with Crippen molar-refractivity contribution in [2.75, 3.05) is 38.2 Å². The number of rotatable bonds is 5. The molecule has 1 aliphatic rings. The van der Waals surface area contributed by atoms with Crippen LogP contribution < -0.4 is 0 Å². The van der Waals surface area contributed by atoms with Crippen LogP contribution in [0.4, 0.5) is 0 Å². The van der Waals surface area contributed by atoms with Crippen molar-refractivity contribution in [3.63, 3.8) is 0 Å². The van der Waals surface area contributed by atoms with Gasteiger partial charge in [0.05, 0.1) is 0 Å². The largest absolute Gasteiger partial charge is 0.480 e. The second-order valence-corrected chi connectivity index (χ2v) is 8.73. The summed E-state index contributed by atoms with van der Waals surface area (Å²) in [5.41, 5.74) is 0. The molecule has 1 fully saturated rings. The van der Waals surface area contributed by atoms with Crippen LogP contribution in [-0.2, 0) is 14.8 Å². The summed E-state index contributed by atoms with van der Waals surface area (Å²) < 4.78 is 26.7. The molecule has 10 heteroatoms. The average molecular weight is 364 g/mol. The molecule has 1 N–H and O–H groups in total. The third-order valence-electron chi connectivity index (χ3n) is 3.13. The van der Waals surface area contributed by atoms with E-state index in [0.29, 0.717) is 13.1 Å². The molecule has 22 heavy (non-hydrogen) atoms. The van der Waals surface area contributed by atoms with Gasteiger partial charge in [-0.1, -0.05) is 0 Å². The first kappa shape index (κ1) is 17.3. The minimum absolute atomic E-state index is 0.0355. The number of aliphatic carboxylic acids is 1. The molecule has 0 radical (unpaired) electrons. The second kappa shape index (κ2) is 6.99. The normalized spacial score (nSPS) is 16.4. The van der Waals surface area contributed by atoms with Gasteiger partial charge in [0.2, 0.25) is 10.0 Å². The summed E-state index contributed by atoms with van der Waals surface area (Å²) in [6.07, 6.45) is 0. The predicted octanol–water partition coefficient (Wildman–Crippen LogP) is 0.642. The zero-order valence-electron chi connectivity index (χ0n) is 11.9. The number of likely N-dealkylation sites (N-methyl/N-ethyl adjacent to an activating group) is 1. The highest BCUT2D eigenvalue weighted by atomic mass is 32.2. The van der Waals surface area contributed by atoms with Crippen molar-refractivity contribution in [2.24, 2.45) is 0 Å². The van der Waals surface area contributed by atoms with Crippen LogP contribution >= 0.6 is 23.1 Å². The molecule has 1 aromatic heterocycles. The number of sulfonamides is 1. The Kier molecular flexibility index (Phi) is 5.48. The number of thioether (sulfide) groups is 1. The maximum Gasteiger partial charge on any atom is 0.323 e. The fraction of sp³-hybridized carbons (Fsp3) is 0.500. The molecule has 2 heterocycles. The zero-order chi connectivity index (χ0) is 16.3. The number of carbonyl (C=O) groups excluding carboxylic acids is 1. The quantitative estimate of drug-likeness (QED) is 0.824. The lowest BCUT2D eigenvalue weighted by molar-refractivity contribution is -0.137. The van der Waals surface area contributed by atoms with E-state index in [4.69, 9.17) is 5.11 Å². The van der Waals surface area contributed by atoms with Crippen LogP contribution in [0.2, 0.25) is 0 Å². The number of hydrogen-bond acceptors (Lipinski definition) is 6. The number of amides is 1. The van der Waals surface area contributed by atoms with Crippen molar-refractivity contribution in [3.8, 4) is 0 Å². The maximum absolute atomic E-state index is 12.7. The van der Waals surface area contributed by atoms with Crippen molar-refractivity contribution in [1.82, 2.24) is 9.21 Å². The number of thiophene rings is 1. The van der Waals surface area contributed by atoms with E-state index < -0.39 is 28.4 Å². The molecular formula is C12H16N2O5S3. The summed E-state index contributed by atoms with van der Waals surface area (Å²) >= 11 is 2.70. The van der Waals surface area contributed by atoms with Gasteiger partial charge in [0.1, 0.15) is 16.3 Å². The molecule has 122 valence electrons. The van der Waals surface area contributed by atoms with Crippen LogP contribution in [0.25, 0.3) is 0 Å². The molecule has 7 nitrogen and oxygen atoms in total. The highest BCUT2D eigenvalue weighted by Crippen LogP contribution is 2.27. The van der Waals surface area contributed by atoms with Crippen molar-refractivity contribution < 1.29 is 23.1 Å².